The molecule has 162 valence electrons. The number of Topliss-reactive ketones (excluding diaryl/α,β-unsaturated/α-hetero) is 2. The number of hydrogen-bond acceptors (Lipinski definition) is 12. The average Bonchev–Trinajstić information content (AvgIpc) is 2.70. The van der Waals surface area contributed by atoms with E-state index >= 15 is 0 Å². The molecule has 13 nitrogen and oxygen atoms in total. The summed E-state index contributed by atoms with van der Waals surface area (Å²) in [6.07, 6.45) is 2.20. The Morgan fingerprint density at radius 1 is 0.704 bits per heavy atom. The van der Waals surface area contributed by atoms with Crippen LogP contribution in [0, 0.1) is 0 Å². The van der Waals surface area contributed by atoms with Gasteiger partial charge in [-0.3, -0.25) is 19.8 Å². The molecule has 0 aromatic heterocycles. The van der Waals surface area contributed by atoms with Gasteiger partial charge in [-0.25, -0.2) is 17.6 Å². The number of carbonyl (C=O) groups excluding carboxylic acids is 3. The molecule has 13 heteroatoms. The van der Waals surface area contributed by atoms with E-state index < -0.39 is 0 Å². The number of nitrogens with two attached hydrogens (primary N) is 6. The monoisotopic (exact) mass is 397 g/mol. The molecule has 1 amide bonds. The van der Waals surface area contributed by atoms with E-state index in [1.54, 1.807) is 0 Å². The third-order valence-corrected chi connectivity index (χ3v) is 2.64. The molecule has 0 rings (SSSR count). The van der Waals surface area contributed by atoms with Crippen molar-refractivity contribution in [2.24, 2.45) is 34.8 Å². The van der Waals surface area contributed by atoms with Crippen LogP contribution >= 0.6 is 0 Å². The third-order valence-electron chi connectivity index (χ3n) is 2.64. The summed E-state index contributed by atoms with van der Waals surface area (Å²) in [5.74, 6) is 14.0. The van der Waals surface area contributed by atoms with Gasteiger partial charge in [0.05, 0.1) is 46.1 Å². The second-order valence-corrected chi connectivity index (χ2v) is 4.82. The van der Waals surface area contributed by atoms with Crippen LogP contribution in [-0.4, -0.2) is 63.5 Å². The maximum absolute atomic E-state index is 10.7. The molecule has 0 saturated heterocycles. The van der Waals surface area contributed by atoms with E-state index in [9.17, 15) is 14.4 Å². The maximum Gasteiger partial charge on any atom is 0.233 e. The minimum Gasteiger partial charge on any atom is -0.377 e. The van der Waals surface area contributed by atoms with Gasteiger partial charge in [0, 0.05) is 12.8 Å². The first-order valence-corrected chi connectivity index (χ1v) is 8.27. The quantitative estimate of drug-likeness (QED) is 0.0647. The molecule has 0 aliphatic carbocycles. The standard InChI is InChI=1S/C7H15N3O2.C4H12N2O3.C3H8N2O/c8-5-6(11)3-1-2-4-7(12)10-9;5-8-3-1-7-2-4-9-6;4-1-3(6)2-5/h1-5,8-9H2,(H,10,12);1-6H2;1-2,4-5H2. The summed E-state index contributed by atoms with van der Waals surface area (Å²) in [4.78, 5) is 39.6. The van der Waals surface area contributed by atoms with Crippen molar-refractivity contribution in [2.45, 2.75) is 25.7 Å². The molecule has 0 aliphatic rings. The van der Waals surface area contributed by atoms with E-state index in [1.807, 2.05) is 5.43 Å². The number of amides is 1. The summed E-state index contributed by atoms with van der Waals surface area (Å²) in [7, 11) is 0. The Kier molecular flexibility index (Phi) is 29.8. The number of hydrogen-bond donors (Lipinski definition) is 7. The minimum atomic E-state index is -0.199. The predicted molar refractivity (Wildman–Crippen MR) is 99.1 cm³/mol. The van der Waals surface area contributed by atoms with E-state index in [4.69, 9.17) is 39.6 Å². The van der Waals surface area contributed by atoms with Crippen LogP contribution in [0.3, 0.4) is 0 Å². The highest BCUT2D eigenvalue weighted by Gasteiger charge is 2.00. The lowest BCUT2D eigenvalue weighted by atomic mass is 10.1. The van der Waals surface area contributed by atoms with Crippen LogP contribution < -0.4 is 40.3 Å². The number of nitrogens with one attached hydrogen (secondary N) is 1. The largest absolute Gasteiger partial charge is 0.377 e. The zero-order valence-corrected chi connectivity index (χ0v) is 15.7. The van der Waals surface area contributed by atoms with Crippen molar-refractivity contribution >= 4 is 17.5 Å². The van der Waals surface area contributed by atoms with Crippen LogP contribution in [0.25, 0.3) is 0 Å². The average molecular weight is 397 g/mol. The number of ketones is 2. The van der Waals surface area contributed by atoms with Gasteiger partial charge in [-0.05, 0) is 12.8 Å². The minimum absolute atomic E-state index is 0.0307. The van der Waals surface area contributed by atoms with Gasteiger partial charge in [0.25, 0.3) is 0 Å². The van der Waals surface area contributed by atoms with E-state index in [0.717, 1.165) is 0 Å². The van der Waals surface area contributed by atoms with Crippen LogP contribution in [-0.2, 0) is 28.8 Å². The van der Waals surface area contributed by atoms with Crippen LogP contribution in [0.1, 0.15) is 25.7 Å². The second kappa shape index (κ2) is 26.7. The Morgan fingerprint density at radius 3 is 1.48 bits per heavy atom. The molecule has 0 bridgehead atoms. The van der Waals surface area contributed by atoms with Gasteiger partial charge in [-0.1, -0.05) is 0 Å². The number of unbranched alkanes of at least 4 members (excludes halogenated alkanes) is 1. The molecule has 0 aromatic carbocycles. The highest BCUT2D eigenvalue weighted by atomic mass is 16.6. The fourth-order valence-corrected chi connectivity index (χ4v) is 1.18. The molecule has 0 unspecified atom stereocenters. The molecular formula is C14H35N7O6. The van der Waals surface area contributed by atoms with Crippen LogP contribution in [0.2, 0.25) is 0 Å². The first-order chi connectivity index (χ1) is 12.9. The normalized spacial score (nSPS) is 9.41. The summed E-state index contributed by atoms with van der Waals surface area (Å²) in [5, 5.41) is 0. The zero-order valence-electron chi connectivity index (χ0n) is 15.7. The Balaban J connectivity index is -0.000000340. The molecular weight excluding hydrogens is 362 g/mol. The van der Waals surface area contributed by atoms with E-state index in [-0.39, 0.29) is 37.1 Å². The second-order valence-electron chi connectivity index (χ2n) is 4.82. The lowest BCUT2D eigenvalue weighted by Gasteiger charge is -1.99. The fourth-order valence-electron chi connectivity index (χ4n) is 1.18. The number of carbonyl (C=O) groups is 3. The zero-order chi connectivity index (χ0) is 21.3. The Labute approximate surface area is 159 Å². The molecule has 0 radical (unpaired) electrons. The van der Waals surface area contributed by atoms with Gasteiger partial charge in [0.15, 0.2) is 5.78 Å². The highest BCUT2D eigenvalue weighted by Crippen LogP contribution is 1.99. The summed E-state index contributed by atoms with van der Waals surface area (Å²) >= 11 is 0. The maximum atomic E-state index is 10.7. The highest BCUT2D eigenvalue weighted by molar-refractivity contribution is 5.81. The Bertz CT molecular complexity index is 331. The van der Waals surface area contributed by atoms with E-state index in [1.165, 1.54) is 0 Å². The Morgan fingerprint density at radius 2 is 1.15 bits per heavy atom. The predicted octanol–water partition coefficient (Wildman–Crippen LogP) is -3.68. The lowest BCUT2D eigenvalue weighted by Crippen LogP contribution is -2.29. The number of hydrazine groups is 1. The smallest absolute Gasteiger partial charge is 0.233 e. The molecule has 0 aliphatic heterocycles. The molecule has 0 atom stereocenters. The summed E-state index contributed by atoms with van der Waals surface area (Å²) < 4.78 is 4.90. The van der Waals surface area contributed by atoms with Crippen LogP contribution in [0.15, 0.2) is 0 Å². The van der Waals surface area contributed by atoms with Crippen molar-refractivity contribution in [3.63, 3.8) is 0 Å². The lowest BCUT2D eigenvalue weighted by molar-refractivity contribution is -0.122. The molecule has 0 aromatic rings. The molecule has 13 N–H and O–H groups in total. The van der Waals surface area contributed by atoms with Crippen molar-refractivity contribution in [1.82, 2.24) is 5.43 Å². The van der Waals surface area contributed by atoms with Crippen molar-refractivity contribution < 1.29 is 28.8 Å². The van der Waals surface area contributed by atoms with Crippen LogP contribution in [0.4, 0.5) is 0 Å². The fraction of sp³-hybridized carbons (Fsp3) is 0.786. The van der Waals surface area contributed by atoms with Gasteiger partial charge in [0.2, 0.25) is 5.91 Å². The summed E-state index contributed by atoms with van der Waals surface area (Å²) in [6, 6.07) is 0. The molecule has 0 saturated carbocycles. The van der Waals surface area contributed by atoms with E-state index in [2.05, 4.69) is 9.68 Å². The Hall–Kier alpha value is -1.55. The molecule has 0 spiro atoms. The van der Waals surface area contributed by atoms with Gasteiger partial charge in [-0.2, -0.15) is 0 Å². The van der Waals surface area contributed by atoms with Crippen molar-refractivity contribution in [3.8, 4) is 0 Å². The summed E-state index contributed by atoms with van der Waals surface area (Å²) in [5.41, 5.74) is 16.8. The SMILES string of the molecule is NCC(=O)CCCCC(=O)NN.NCC(=O)CN.NOCCOCCON. The van der Waals surface area contributed by atoms with Crippen molar-refractivity contribution in [3.05, 3.63) is 0 Å². The van der Waals surface area contributed by atoms with E-state index in [0.29, 0.717) is 52.1 Å². The molecule has 27 heavy (non-hydrogen) atoms. The van der Waals surface area contributed by atoms with Gasteiger partial charge in [0.1, 0.15) is 5.78 Å². The van der Waals surface area contributed by atoms with Gasteiger partial charge in [-0.15, -0.1) is 0 Å². The topological polar surface area (TPSA) is 247 Å². The third kappa shape index (κ3) is 32.6. The van der Waals surface area contributed by atoms with Gasteiger partial charge < -0.3 is 31.6 Å². The molecule has 0 heterocycles. The first kappa shape index (κ1) is 30.2. The number of ether oxygens (including phenoxy) is 1. The number of rotatable bonds is 14. The van der Waals surface area contributed by atoms with Crippen molar-refractivity contribution in [2.75, 3.05) is 46.1 Å². The van der Waals surface area contributed by atoms with Gasteiger partial charge >= 0.3 is 0 Å². The summed E-state index contributed by atoms with van der Waals surface area (Å²) in [6.45, 7) is 1.95. The van der Waals surface area contributed by atoms with Crippen molar-refractivity contribution in [1.29, 1.82) is 0 Å². The first-order valence-electron chi connectivity index (χ1n) is 8.27. The molecule has 0 fully saturated rings. The van der Waals surface area contributed by atoms with Crippen LogP contribution in [0.5, 0.6) is 0 Å².